The van der Waals surface area contributed by atoms with Crippen LogP contribution >= 0.6 is 11.6 Å². The van der Waals surface area contributed by atoms with Gasteiger partial charge < -0.3 is 9.84 Å². The molecular weight excluding hydrogens is 422 g/mol. The highest BCUT2D eigenvalue weighted by Gasteiger charge is 2.61. The first-order valence-corrected chi connectivity index (χ1v) is 11.4. The van der Waals surface area contributed by atoms with Crippen LogP contribution in [0.4, 0.5) is 8.78 Å². The van der Waals surface area contributed by atoms with Crippen LogP contribution < -0.4 is 4.74 Å². The minimum atomic E-state index is -4.18. The maximum atomic E-state index is 15.1. The lowest BCUT2D eigenvalue weighted by Crippen LogP contribution is -2.55. The minimum absolute atomic E-state index is 0.0188. The molecule has 1 aliphatic heterocycles. The van der Waals surface area contributed by atoms with Gasteiger partial charge in [0.05, 0.1) is 23.2 Å². The van der Waals surface area contributed by atoms with E-state index in [1.165, 1.54) is 24.3 Å². The van der Waals surface area contributed by atoms with Gasteiger partial charge >= 0.3 is 0 Å². The van der Waals surface area contributed by atoms with Gasteiger partial charge in [-0.25, -0.2) is 17.2 Å². The first kappa shape index (κ1) is 20.6. The standard InChI is InChI=1S/C21H21ClF2O4S/c1-12(25)15-3-2-10-21(29(26,27)14-6-4-13(22)5-7-14)16(15)11-28-20-18(24)9-8-17(23)19(20)21/h4-9,12,15-16,25H,2-3,10-11H2,1H3/t12-,15+,16+,21+/m1/s1. The van der Waals surface area contributed by atoms with E-state index in [4.69, 9.17) is 16.3 Å². The van der Waals surface area contributed by atoms with Gasteiger partial charge in [0.25, 0.3) is 0 Å². The minimum Gasteiger partial charge on any atom is -0.490 e. The Morgan fingerprint density at radius 1 is 1.17 bits per heavy atom. The number of benzene rings is 2. The lowest BCUT2D eigenvalue weighted by molar-refractivity contribution is 0.00347. The van der Waals surface area contributed by atoms with Crippen LogP contribution in [-0.2, 0) is 14.6 Å². The van der Waals surface area contributed by atoms with Gasteiger partial charge in [-0.15, -0.1) is 0 Å². The summed E-state index contributed by atoms with van der Waals surface area (Å²) in [5.41, 5.74) is -0.269. The lowest BCUT2D eigenvalue weighted by Gasteiger charge is -2.51. The Balaban J connectivity index is 2.04. The molecule has 8 heteroatoms. The molecule has 0 aromatic heterocycles. The number of hydrogen-bond donors (Lipinski definition) is 1. The summed E-state index contributed by atoms with van der Waals surface area (Å²) in [5, 5.41) is 10.7. The van der Waals surface area contributed by atoms with Crippen molar-refractivity contribution in [3.63, 3.8) is 0 Å². The first-order chi connectivity index (χ1) is 13.7. The van der Waals surface area contributed by atoms with Crippen molar-refractivity contribution >= 4 is 21.4 Å². The predicted octanol–water partition coefficient (Wildman–Crippen LogP) is 4.48. The largest absolute Gasteiger partial charge is 0.490 e. The average molecular weight is 443 g/mol. The summed E-state index contributed by atoms with van der Waals surface area (Å²) in [6.45, 7) is 1.48. The second-order valence-corrected chi connectivity index (χ2v) is 10.4. The molecule has 1 aliphatic carbocycles. The van der Waals surface area contributed by atoms with Crippen molar-refractivity contribution in [3.05, 3.63) is 58.6 Å². The Morgan fingerprint density at radius 3 is 2.48 bits per heavy atom. The van der Waals surface area contributed by atoms with Gasteiger partial charge in [-0.2, -0.15) is 0 Å². The van der Waals surface area contributed by atoms with Gasteiger partial charge in [-0.1, -0.05) is 18.0 Å². The zero-order valence-electron chi connectivity index (χ0n) is 15.7. The molecule has 156 valence electrons. The molecule has 0 radical (unpaired) electrons. The van der Waals surface area contributed by atoms with Crippen molar-refractivity contribution in [1.82, 2.24) is 0 Å². The molecule has 1 fully saturated rings. The third kappa shape index (κ3) is 2.97. The summed E-state index contributed by atoms with van der Waals surface area (Å²) >= 11 is 5.92. The second kappa shape index (κ2) is 7.22. The van der Waals surface area contributed by atoms with Crippen molar-refractivity contribution in [2.75, 3.05) is 6.61 Å². The molecule has 0 bridgehead atoms. The van der Waals surface area contributed by atoms with Crippen LogP contribution in [0.3, 0.4) is 0 Å². The zero-order chi connectivity index (χ0) is 21.0. The third-order valence-electron chi connectivity index (χ3n) is 6.31. The van der Waals surface area contributed by atoms with E-state index in [9.17, 15) is 17.9 Å². The van der Waals surface area contributed by atoms with E-state index in [1.54, 1.807) is 6.92 Å². The van der Waals surface area contributed by atoms with Crippen LogP contribution in [0.25, 0.3) is 0 Å². The Labute approximate surface area is 173 Å². The van der Waals surface area contributed by atoms with E-state index >= 15 is 4.39 Å². The topological polar surface area (TPSA) is 63.6 Å². The summed E-state index contributed by atoms with van der Waals surface area (Å²) in [6.07, 6.45) is 0.328. The number of halogens is 3. The first-order valence-electron chi connectivity index (χ1n) is 9.49. The van der Waals surface area contributed by atoms with E-state index in [1.807, 2.05) is 0 Å². The van der Waals surface area contributed by atoms with Crippen molar-refractivity contribution in [2.45, 2.75) is 41.9 Å². The van der Waals surface area contributed by atoms with Crippen molar-refractivity contribution in [1.29, 1.82) is 0 Å². The SMILES string of the molecule is C[C@@H](O)[C@@H]1CCC[C@@]2(S(=O)(=O)c3ccc(Cl)cc3)c3c(F)ccc(F)c3OC[C@@H]12. The lowest BCUT2D eigenvalue weighted by atomic mass is 9.66. The third-order valence-corrected chi connectivity index (χ3v) is 9.13. The normalized spacial score (nSPS) is 27.5. The molecule has 1 N–H and O–H groups in total. The van der Waals surface area contributed by atoms with Crippen LogP contribution in [-0.4, -0.2) is 26.2 Å². The molecule has 2 aromatic rings. The van der Waals surface area contributed by atoms with Crippen LogP contribution in [0.15, 0.2) is 41.3 Å². The van der Waals surface area contributed by atoms with Crippen LogP contribution in [0.5, 0.6) is 5.75 Å². The Kier molecular flexibility index (Phi) is 5.12. The van der Waals surface area contributed by atoms with Gasteiger partial charge in [0.1, 0.15) is 10.6 Å². The fourth-order valence-electron chi connectivity index (χ4n) is 5.01. The van der Waals surface area contributed by atoms with Gasteiger partial charge in [0.15, 0.2) is 21.4 Å². The summed E-state index contributed by atoms with van der Waals surface area (Å²) in [4.78, 5) is -0.0188. The van der Waals surface area contributed by atoms with E-state index in [2.05, 4.69) is 0 Å². The fourth-order valence-corrected chi connectivity index (χ4v) is 7.57. The molecule has 2 aromatic carbocycles. The Hall–Kier alpha value is -1.70. The molecule has 0 unspecified atom stereocenters. The number of rotatable bonds is 3. The fraction of sp³-hybridized carbons (Fsp3) is 0.429. The highest BCUT2D eigenvalue weighted by molar-refractivity contribution is 7.92. The van der Waals surface area contributed by atoms with E-state index in [0.717, 1.165) is 12.1 Å². The number of aliphatic hydroxyl groups excluding tert-OH is 1. The smallest absolute Gasteiger partial charge is 0.188 e. The van der Waals surface area contributed by atoms with Gasteiger partial charge in [-0.3, -0.25) is 0 Å². The molecule has 1 saturated carbocycles. The summed E-state index contributed by atoms with van der Waals surface area (Å²) in [7, 11) is -4.18. The van der Waals surface area contributed by atoms with Gasteiger partial charge in [0.2, 0.25) is 0 Å². The summed E-state index contributed by atoms with van der Waals surface area (Å²) < 4.78 is 61.4. The Bertz CT molecular complexity index is 1040. The van der Waals surface area contributed by atoms with E-state index in [0.29, 0.717) is 17.9 Å². The van der Waals surface area contributed by atoms with Crippen LogP contribution in [0.1, 0.15) is 31.7 Å². The molecule has 1 heterocycles. The number of hydrogen-bond acceptors (Lipinski definition) is 4. The average Bonchev–Trinajstić information content (AvgIpc) is 2.69. The molecule has 4 rings (SSSR count). The number of sulfone groups is 1. The van der Waals surface area contributed by atoms with E-state index in [-0.39, 0.29) is 29.2 Å². The van der Waals surface area contributed by atoms with Crippen molar-refractivity contribution in [2.24, 2.45) is 11.8 Å². The quantitative estimate of drug-likeness (QED) is 0.761. The monoisotopic (exact) mass is 442 g/mol. The van der Waals surface area contributed by atoms with Crippen LogP contribution in [0, 0.1) is 23.5 Å². The number of fused-ring (bicyclic) bond motifs is 3. The maximum Gasteiger partial charge on any atom is 0.188 e. The zero-order valence-corrected chi connectivity index (χ0v) is 17.3. The molecule has 29 heavy (non-hydrogen) atoms. The number of ether oxygens (including phenoxy) is 1. The summed E-state index contributed by atoms with van der Waals surface area (Å²) in [5.74, 6) is -3.13. The predicted molar refractivity (Wildman–Crippen MR) is 105 cm³/mol. The molecule has 0 spiro atoms. The Morgan fingerprint density at radius 2 is 1.83 bits per heavy atom. The maximum absolute atomic E-state index is 15.1. The molecule has 4 atom stereocenters. The summed E-state index contributed by atoms with van der Waals surface area (Å²) in [6, 6.07) is 7.54. The van der Waals surface area contributed by atoms with Crippen LogP contribution in [0.2, 0.25) is 5.02 Å². The highest BCUT2D eigenvalue weighted by atomic mass is 35.5. The highest BCUT2D eigenvalue weighted by Crippen LogP contribution is 2.58. The molecule has 0 amide bonds. The molecular formula is C21H21ClF2O4S. The number of aliphatic hydroxyl groups is 1. The van der Waals surface area contributed by atoms with Gasteiger partial charge in [0, 0.05) is 10.9 Å². The van der Waals surface area contributed by atoms with E-state index < -0.39 is 44.2 Å². The van der Waals surface area contributed by atoms with Crippen molar-refractivity contribution < 1.29 is 27.0 Å². The van der Waals surface area contributed by atoms with Gasteiger partial charge in [-0.05, 0) is 62.1 Å². The molecule has 2 aliphatic rings. The molecule has 0 saturated heterocycles. The van der Waals surface area contributed by atoms with Crippen molar-refractivity contribution in [3.8, 4) is 5.75 Å². The molecule has 4 nitrogen and oxygen atoms in total. The second-order valence-electron chi connectivity index (χ2n) is 7.79.